The van der Waals surface area contributed by atoms with Gasteiger partial charge in [0, 0.05) is 23.7 Å². The van der Waals surface area contributed by atoms with Gasteiger partial charge >= 0.3 is 0 Å². The normalized spacial score (nSPS) is 17.5. The van der Waals surface area contributed by atoms with Gasteiger partial charge in [0.25, 0.3) is 5.91 Å². The molecule has 6 nitrogen and oxygen atoms in total. The van der Waals surface area contributed by atoms with Crippen LogP contribution in [0.15, 0.2) is 66.7 Å². The van der Waals surface area contributed by atoms with Crippen LogP contribution in [0.2, 0.25) is 5.15 Å². The number of hydrogen-bond acceptors (Lipinski definition) is 5. The second kappa shape index (κ2) is 11.6. The zero-order valence-electron chi connectivity index (χ0n) is 21.5. The second-order valence-corrected chi connectivity index (χ2v) is 11.5. The first-order valence-electron chi connectivity index (χ1n) is 12.9. The number of thiophene rings is 1. The van der Waals surface area contributed by atoms with E-state index in [1.165, 1.54) is 22.5 Å². The molecule has 2 N–H and O–H groups in total. The van der Waals surface area contributed by atoms with Crippen molar-refractivity contribution in [3.8, 4) is 11.1 Å². The van der Waals surface area contributed by atoms with Gasteiger partial charge in [-0.3, -0.25) is 9.59 Å². The maximum absolute atomic E-state index is 13.3. The fraction of sp³-hybridized carbons (Fsp3) is 0.300. The lowest BCUT2D eigenvalue weighted by Gasteiger charge is -2.31. The number of rotatable bonds is 7. The highest BCUT2D eigenvalue weighted by molar-refractivity contribution is 7.20. The van der Waals surface area contributed by atoms with Gasteiger partial charge in [-0.25, -0.2) is 4.98 Å². The minimum Gasteiger partial charge on any atom is -0.348 e. The lowest BCUT2D eigenvalue weighted by atomic mass is 9.83. The highest BCUT2D eigenvalue weighted by atomic mass is 35.5. The predicted molar refractivity (Wildman–Crippen MR) is 156 cm³/mol. The van der Waals surface area contributed by atoms with Gasteiger partial charge in [0.1, 0.15) is 9.98 Å². The van der Waals surface area contributed by atoms with E-state index in [0.717, 1.165) is 53.7 Å². The topological polar surface area (TPSA) is 74.3 Å². The standard InChI is InChI=1S/C30H31ClN4O2S/c1-35(2)18-21-7-3-4-8-23(21)19-11-14-22(15-12-19)32-28(36)24-9-5-6-10-25(24)33-29(37)26-17-20-13-16-27(31)34-30(20)38-26/h3-4,7-8,11-17,24-25H,5-6,9-10,18H2,1-2H3,(H,32,36)(H,33,37)/t24-,25+/m0/s1. The molecule has 1 saturated carbocycles. The molecule has 2 aromatic carbocycles. The van der Waals surface area contributed by atoms with Crippen LogP contribution in [-0.2, 0) is 11.3 Å². The third-order valence-electron chi connectivity index (χ3n) is 6.96. The highest BCUT2D eigenvalue weighted by Crippen LogP contribution is 2.30. The molecule has 0 unspecified atom stereocenters. The Balaban J connectivity index is 1.26. The lowest BCUT2D eigenvalue weighted by molar-refractivity contribution is -0.121. The maximum Gasteiger partial charge on any atom is 0.261 e. The Bertz CT molecular complexity index is 1450. The van der Waals surface area contributed by atoms with Gasteiger partial charge in [0.05, 0.1) is 10.8 Å². The average Bonchev–Trinajstić information content (AvgIpc) is 3.33. The summed E-state index contributed by atoms with van der Waals surface area (Å²) in [4.78, 5) is 34.1. The molecular weight excluding hydrogens is 516 g/mol. The van der Waals surface area contributed by atoms with Crippen LogP contribution in [0.5, 0.6) is 0 Å². The van der Waals surface area contributed by atoms with Crippen molar-refractivity contribution in [2.45, 2.75) is 38.3 Å². The third kappa shape index (κ3) is 6.07. The molecule has 2 heterocycles. The average molecular weight is 547 g/mol. The predicted octanol–water partition coefficient (Wildman–Crippen LogP) is 6.61. The van der Waals surface area contributed by atoms with Crippen LogP contribution >= 0.6 is 22.9 Å². The fourth-order valence-electron chi connectivity index (χ4n) is 5.11. The van der Waals surface area contributed by atoms with Crippen LogP contribution in [0.4, 0.5) is 5.69 Å². The Morgan fingerprint density at radius 1 is 1.03 bits per heavy atom. The van der Waals surface area contributed by atoms with E-state index in [9.17, 15) is 9.59 Å². The van der Waals surface area contributed by atoms with Crippen molar-refractivity contribution >= 4 is 50.7 Å². The van der Waals surface area contributed by atoms with Gasteiger partial charge in [-0.2, -0.15) is 0 Å². The van der Waals surface area contributed by atoms with Gasteiger partial charge < -0.3 is 15.5 Å². The lowest BCUT2D eigenvalue weighted by Crippen LogP contribution is -2.46. The van der Waals surface area contributed by atoms with Crippen LogP contribution in [0.3, 0.4) is 0 Å². The number of halogens is 1. The summed E-state index contributed by atoms with van der Waals surface area (Å²) in [6.45, 7) is 0.856. The summed E-state index contributed by atoms with van der Waals surface area (Å²) >= 11 is 7.31. The van der Waals surface area contributed by atoms with Crippen molar-refractivity contribution in [1.82, 2.24) is 15.2 Å². The number of carbonyl (C=O) groups is 2. The molecule has 0 bridgehead atoms. The molecule has 0 spiro atoms. The fourth-order valence-corrected chi connectivity index (χ4v) is 6.24. The van der Waals surface area contributed by atoms with Crippen molar-refractivity contribution < 1.29 is 9.59 Å². The number of fused-ring (bicyclic) bond motifs is 1. The molecule has 5 rings (SSSR count). The molecule has 8 heteroatoms. The van der Waals surface area contributed by atoms with Crippen molar-refractivity contribution in [2.24, 2.45) is 5.92 Å². The molecule has 0 saturated heterocycles. The molecule has 38 heavy (non-hydrogen) atoms. The van der Waals surface area contributed by atoms with Crippen LogP contribution in [0.1, 0.15) is 40.9 Å². The Kier molecular flexibility index (Phi) is 8.07. The van der Waals surface area contributed by atoms with Gasteiger partial charge in [-0.15, -0.1) is 11.3 Å². The zero-order valence-corrected chi connectivity index (χ0v) is 23.1. The molecular formula is C30H31ClN4O2S. The quantitative estimate of drug-likeness (QED) is 0.256. The maximum atomic E-state index is 13.3. The summed E-state index contributed by atoms with van der Waals surface area (Å²) < 4.78 is 0. The Labute approximate surface area is 232 Å². The SMILES string of the molecule is CN(C)Cc1ccccc1-c1ccc(NC(=O)[C@H]2CCCC[C@H]2NC(=O)c2cc3ccc(Cl)nc3s2)cc1. The molecule has 2 aromatic heterocycles. The van der Waals surface area contributed by atoms with E-state index in [-0.39, 0.29) is 23.8 Å². The van der Waals surface area contributed by atoms with E-state index in [2.05, 4.69) is 52.8 Å². The van der Waals surface area contributed by atoms with Crippen molar-refractivity contribution in [1.29, 1.82) is 0 Å². The number of amides is 2. The van der Waals surface area contributed by atoms with Crippen molar-refractivity contribution in [3.05, 3.63) is 82.3 Å². The van der Waals surface area contributed by atoms with E-state index in [1.54, 1.807) is 6.07 Å². The van der Waals surface area contributed by atoms with Crippen molar-refractivity contribution in [2.75, 3.05) is 19.4 Å². The number of nitrogens with one attached hydrogen (secondary N) is 2. The van der Waals surface area contributed by atoms with Gasteiger partial charge in [0.2, 0.25) is 5.91 Å². The second-order valence-electron chi connectivity index (χ2n) is 10.1. The molecule has 0 radical (unpaired) electrons. The summed E-state index contributed by atoms with van der Waals surface area (Å²) in [6.07, 6.45) is 3.48. The Morgan fingerprint density at radius 2 is 1.79 bits per heavy atom. The van der Waals surface area contributed by atoms with Gasteiger partial charge in [0.15, 0.2) is 0 Å². The number of hydrogen-bond donors (Lipinski definition) is 2. The molecule has 2 atom stereocenters. The molecule has 0 aliphatic heterocycles. The summed E-state index contributed by atoms with van der Waals surface area (Å²) in [5, 5.41) is 7.50. The summed E-state index contributed by atoms with van der Waals surface area (Å²) in [7, 11) is 4.12. The summed E-state index contributed by atoms with van der Waals surface area (Å²) in [5.41, 5.74) is 4.31. The Hall–Kier alpha value is -3.26. The minimum absolute atomic E-state index is 0.0550. The minimum atomic E-state index is -0.282. The number of anilines is 1. The smallest absolute Gasteiger partial charge is 0.261 e. The molecule has 1 fully saturated rings. The molecule has 1 aliphatic carbocycles. The number of carbonyl (C=O) groups excluding carboxylic acids is 2. The molecule has 1 aliphatic rings. The van der Waals surface area contributed by atoms with Gasteiger partial charge in [-0.1, -0.05) is 60.8 Å². The van der Waals surface area contributed by atoms with E-state index < -0.39 is 0 Å². The number of nitrogens with zero attached hydrogens (tertiary/aromatic N) is 2. The zero-order chi connectivity index (χ0) is 26.6. The van der Waals surface area contributed by atoms with Crippen LogP contribution < -0.4 is 10.6 Å². The largest absolute Gasteiger partial charge is 0.348 e. The summed E-state index contributed by atoms with van der Waals surface area (Å²) in [6, 6.07) is 21.6. The first-order chi connectivity index (χ1) is 18.4. The monoisotopic (exact) mass is 546 g/mol. The van der Waals surface area contributed by atoms with E-state index in [0.29, 0.717) is 10.0 Å². The number of aromatic nitrogens is 1. The van der Waals surface area contributed by atoms with E-state index in [4.69, 9.17) is 11.6 Å². The Morgan fingerprint density at radius 3 is 2.58 bits per heavy atom. The molecule has 2 amide bonds. The van der Waals surface area contributed by atoms with Gasteiger partial charge in [-0.05, 0) is 74.0 Å². The first kappa shape index (κ1) is 26.4. The van der Waals surface area contributed by atoms with E-state index >= 15 is 0 Å². The highest BCUT2D eigenvalue weighted by Gasteiger charge is 2.32. The molecule has 196 valence electrons. The number of pyridine rings is 1. The van der Waals surface area contributed by atoms with Crippen LogP contribution in [0, 0.1) is 5.92 Å². The van der Waals surface area contributed by atoms with E-state index in [1.807, 2.05) is 42.5 Å². The van der Waals surface area contributed by atoms with Crippen LogP contribution in [-0.4, -0.2) is 41.8 Å². The van der Waals surface area contributed by atoms with Crippen LogP contribution in [0.25, 0.3) is 21.3 Å². The third-order valence-corrected chi connectivity index (χ3v) is 8.21. The van der Waals surface area contributed by atoms with Crippen molar-refractivity contribution in [3.63, 3.8) is 0 Å². The first-order valence-corrected chi connectivity index (χ1v) is 14.1. The molecule has 4 aromatic rings. The number of benzene rings is 2. The summed E-state index contributed by atoms with van der Waals surface area (Å²) in [5.74, 6) is -0.509.